The normalized spacial score (nSPS) is 10.0. The lowest BCUT2D eigenvalue weighted by atomic mass is 10.1. The van der Waals surface area contributed by atoms with Crippen LogP contribution in [-0.4, -0.2) is 10.9 Å². The van der Waals surface area contributed by atoms with Crippen LogP contribution in [-0.2, 0) is 0 Å². The van der Waals surface area contributed by atoms with Crippen LogP contribution in [0.5, 0.6) is 0 Å². The van der Waals surface area contributed by atoms with Crippen molar-refractivity contribution in [2.75, 3.05) is 10.6 Å². The quantitative estimate of drug-likeness (QED) is 0.728. The molecule has 1 aromatic heterocycles. The van der Waals surface area contributed by atoms with Gasteiger partial charge in [-0.3, -0.25) is 4.79 Å². The number of carbonyl (C=O) groups is 1. The van der Waals surface area contributed by atoms with E-state index in [4.69, 9.17) is 5.26 Å². The van der Waals surface area contributed by atoms with Crippen LogP contribution in [0.15, 0.2) is 60.8 Å². The van der Waals surface area contributed by atoms with E-state index in [0.29, 0.717) is 16.9 Å². The highest BCUT2D eigenvalue weighted by Crippen LogP contribution is 2.24. The summed E-state index contributed by atoms with van der Waals surface area (Å²) in [5, 5.41) is 14.9. The van der Waals surface area contributed by atoms with Crippen LogP contribution < -0.4 is 10.6 Å². The number of hydrogen-bond donors (Lipinski definition) is 2. The van der Waals surface area contributed by atoms with Crippen molar-refractivity contribution in [1.29, 1.82) is 5.26 Å². The first kappa shape index (κ1) is 17.2. The van der Waals surface area contributed by atoms with Gasteiger partial charge in [-0.1, -0.05) is 18.2 Å². The molecule has 0 radical (unpaired) electrons. The van der Waals surface area contributed by atoms with E-state index in [2.05, 4.69) is 15.6 Å². The summed E-state index contributed by atoms with van der Waals surface area (Å²) in [4.78, 5) is 16.5. The third kappa shape index (κ3) is 3.87. The Morgan fingerprint density at radius 1 is 0.962 bits per heavy atom. The molecular formula is C21H18N4O. The van der Waals surface area contributed by atoms with Gasteiger partial charge in [-0.25, -0.2) is 4.98 Å². The number of nitrogens with zero attached hydrogens (tertiary/aromatic N) is 2. The molecule has 0 aliphatic heterocycles. The Kier molecular flexibility index (Phi) is 4.95. The fraction of sp³-hybridized carbons (Fsp3) is 0.0952. The monoisotopic (exact) mass is 342 g/mol. The second-order valence-electron chi connectivity index (χ2n) is 5.97. The summed E-state index contributed by atoms with van der Waals surface area (Å²) < 4.78 is 0. The van der Waals surface area contributed by atoms with Gasteiger partial charge in [0.25, 0.3) is 5.91 Å². The Labute approximate surface area is 152 Å². The molecule has 0 spiro atoms. The van der Waals surface area contributed by atoms with Gasteiger partial charge in [0.05, 0.1) is 23.5 Å². The molecule has 0 saturated heterocycles. The maximum atomic E-state index is 12.3. The maximum Gasteiger partial charge on any atom is 0.274 e. The molecule has 0 bridgehead atoms. The third-order valence-electron chi connectivity index (χ3n) is 4.02. The summed E-state index contributed by atoms with van der Waals surface area (Å²) in [6.45, 7) is 4.09. The highest BCUT2D eigenvalue weighted by molar-refractivity contribution is 6.03. The molecule has 1 amide bonds. The number of aryl methyl sites for hydroxylation is 2. The van der Waals surface area contributed by atoms with E-state index in [1.54, 1.807) is 36.5 Å². The highest BCUT2D eigenvalue weighted by Gasteiger charge is 2.09. The van der Waals surface area contributed by atoms with Gasteiger partial charge in [-0.15, -0.1) is 0 Å². The average Bonchev–Trinajstić information content (AvgIpc) is 2.66. The van der Waals surface area contributed by atoms with Crippen molar-refractivity contribution in [3.63, 3.8) is 0 Å². The average molecular weight is 342 g/mol. The van der Waals surface area contributed by atoms with E-state index in [9.17, 15) is 4.79 Å². The van der Waals surface area contributed by atoms with Crippen LogP contribution in [0.3, 0.4) is 0 Å². The molecule has 128 valence electrons. The molecule has 2 aromatic carbocycles. The molecule has 1 heterocycles. The fourth-order valence-corrected chi connectivity index (χ4v) is 2.58. The van der Waals surface area contributed by atoms with Crippen molar-refractivity contribution in [2.45, 2.75) is 13.8 Å². The van der Waals surface area contributed by atoms with Gasteiger partial charge in [0.1, 0.15) is 5.69 Å². The van der Waals surface area contributed by atoms with Crippen molar-refractivity contribution in [2.24, 2.45) is 0 Å². The zero-order chi connectivity index (χ0) is 18.5. The van der Waals surface area contributed by atoms with E-state index in [0.717, 1.165) is 22.5 Å². The van der Waals surface area contributed by atoms with Crippen molar-refractivity contribution >= 4 is 23.0 Å². The van der Waals surface area contributed by atoms with Gasteiger partial charge in [0.15, 0.2) is 0 Å². The Bertz CT molecular complexity index is 950. The minimum absolute atomic E-state index is 0.298. The molecule has 2 N–H and O–H groups in total. The van der Waals surface area contributed by atoms with Crippen LogP contribution in [0.4, 0.5) is 17.1 Å². The highest BCUT2D eigenvalue weighted by atomic mass is 16.1. The lowest BCUT2D eigenvalue weighted by Gasteiger charge is -2.12. The number of pyridine rings is 1. The summed E-state index contributed by atoms with van der Waals surface area (Å²) in [7, 11) is 0. The summed E-state index contributed by atoms with van der Waals surface area (Å²) in [6.07, 6.45) is 1.64. The van der Waals surface area contributed by atoms with Crippen molar-refractivity contribution in [1.82, 2.24) is 4.98 Å². The van der Waals surface area contributed by atoms with Crippen LogP contribution in [0.1, 0.15) is 27.2 Å². The molecule has 0 aliphatic rings. The number of para-hydroxylation sites is 1. The molecule has 3 aromatic rings. The molecule has 5 heteroatoms. The molecule has 5 nitrogen and oxygen atoms in total. The summed E-state index contributed by atoms with van der Waals surface area (Å²) in [5.41, 5.74) is 5.64. The lowest BCUT2D eigenvalue weighted by molar-refractivity contribution is 0.102. The van der Waals surface area contributed by atoms with Crippen LogP contribution in [0.2, 0.25) is 0 Å². The zero-order valence-electron chi connectivity index (χ0n) is 14.6. The number of hydrogen-bond acceptors (Lipinski definition) is 4. The Hall–Kier alpha value is -3.65. The Balaban J connectivity index is 1.70. The molecular weight excluding hydrogens is 324 g/mol. The topological polar surface area (TPSA) is 77.8 Å². The fourth-order valence-electron chi connectivity index (χ4n) is 2.58. The number of amides is 1. The standard InChI is InChI=1S/C21H18N4O/c1-14-4-3-5-15(2)20(14)24-18-10-11-19(23-13-18)21(26)25-17-8-6-16(12-22)7-9-17/h3-11,13,24H,1-2H3,(H,25,26). The number of benzene rings is 2. The van der Waals surface area contributed by atoms with Crippen molar-refractivity contribution in [3.05, 3.63) is 83.2 Å². The van der Waals surface area contributed by atoms with Gasteiger partial charge in [0.2, 0.25) is 0 Å². The maximum absolute atomic E-state index is 12.3. The van der Waals surface area contributed by atoms with E-state index >= 15 is 0 Å². The van der Waals surface area contributed by atoms with Gasteiger partial charge < -0.3 is 10.6 Å². The van der Waals surface area contributed by atoms with Gasteiger partial charge in [-0.05, 0) is 61.4 Å². The minimum Gasteiger partial charge on any atom is -0.354 e. The van der Waals surface area contributed by atoms with E-state index < -0.39 is 0 Å². The van der Waals surface area contributed by atoms with Crippen molar-refractivity contribution in [3.8, 4) is 6.07 Å². The molecule has 26 heavy (non-hydrogen) atoms. The minimum atomic E-state index is -0.298. The van der Waals surface area contributed by atoms with Crippen LogP contribution >= 0.6 is 0 Å². The summed E-state index contributed by atoms with van der Waals surface area (Å²) >= 11 is 0. The van der Waals surface area contributed by atoms with Crippen LogP contribution in [0, 0.1) is 25.2 Å². The second-order valence-corrected chi connectivity index (χ2v) is 5.97. The Morgan fingerprint density at radius 3 is 2.19 bits per heavy atom. The smallest absolute Gasteiger partial charge is 0.274 e. The molecule has 3 rings (SSSR count). The second kappa shape index (κ2) is 7.49. The van der Waals surface area contributed by atoms with E-state index in [-0.39, 0.29) is 5.91 Å². The Morgan fingerprint density at radius 2 is 1.62 bits per heavy atom. The van der Waals surface area contributed by atoms with Gasteiger partial charge in [-0.2, -0.15) is 5.26 Å². The zero-order valence-corrected chi connectivity index (χ0v) is 14.6. The van der Waals surface area contributed by atoms with Crippen molar-refractivity contribution < 1.29 is 4.79 Å². The number of aromatic nitrogens is 1. The summed E-state index contributed by atoms with van der Waals surface area (Å²) in [6, 6.07) is 18.3. The molecule has 0 unspecified atom stereocenters. The largest absolute Gasteiger partial charge is 0.354 e. The van der Waals surface area contributed by atoms with Gasteiger partial charge in [0, 0.05) is 11.4 Å². The molecule has 0 atom stereocenters. The SMILES string of the molecule is Cc1cccc(C)c1Nc1ccc(C(=O)Nc2ccc(C#N)cc2)nc1. The first-order valence-electron chi connectivity index (χ1n) is 8.17. The molecule has 0 saturated carbocycles. The van der Waals surface area contributed by atoms with Gasteiger partial charge >= 0.3 is 0 Å². The summed E-state index contributed by atoms with van der Waals surface area (Å²) in [5.74, 6) is -0.298. The van der Waals surface area contributed by atoms with E-state index in [1.807, 2.05) is 44.2 Å². The van der Waals surface area contributed by atoms with E-state index in [1.165, 1.54) is 0 Å². The first-order valence-corrected chi connectivity index (χ1v) is 8.17. The number of anilines is 3. The first-order chi connectivity index (χ1) is 12.6. The van der Waals surface area contributed by atoms with Crippen LogP contribution in [0.25, 0.3) is 0 Å². The predicted molar refractivity (Wildman–Crippen MR) is 103 cm³/mol. The third-order valence-corrected chi connectivity index (χ3v) is 4.02. The predicted octanol–water partition coefficient (Wildman–Crippen LogP) is 4.57. The number of rotatable bonds is 4. The number of carbonyl (C=O) groups excluding carboxylic acids is 1. The molecule has 0 aliphatic carbocycles. The number of nitrogens with one attached hydrogen (secondary N) is 2. The number of nitriles is 1. The lowest BCUT2D eigenvalue weighted by Crippen LogP contribution is -2.13. The molecule has 0 fully saturated rings.